The average molecular weight is 425 g/mol. The molecule has 8 heteroatoms. The molecule has 4 rings (SSSR count). The maximum absolute atomic E-state index is 12.8. The molecule has 1 unspecified atom stereocenters. The molecular weight excluding hydrogens is 398 g/mol. The first-order valence-corrected chi connectivity index (χ1v) is 10.5. The molecule has 0 aromatic heterocycles. The standard InChI is InChI=1S/C23H27N3O5/c1-29-18-8-5-16(6-9-18)25-23(28)19-4-2-11-26(19)15-22(27)24-17-7-10-20-21(14-17)31-13-3-12-30-20/h5-10,14,19H,2-4,11-13,15H2,1H3,(H,24,27)(H,25,28). The van der Waals surface area contributed by atoms with Crippen molar-refractivity contribution < 1.29 is 23.8 Å². The summed E-state index contributed by atoms with van der Waals surface area (Å²) in [5.41, 5.74) is 1.35. The Labute approximate surface area is 181 Å². The van der Waals surface area contributed by atoms with Crippen LogP contribution in [0, 0.1) is 0 Å². The average Bonchev–Trinajstić information content (AvgIpc) is 3.10. The summed E-state index contributed by atoms with van der Waals surface area (Å²) in [4.78, 5) is 27.3. The summed E-state index contributed by atoms with van der Waals surface area (Å²) in [6.45, 7) is 2.06. The van der Waals surface area contributed by atoms with E-state index in [1.165, 1.54) is 0 Å². The van der Waals surface area contributed by atoms with Gasteiger partial charge in [-0.3, -0.25) is 14.5 Å². The van der Waals surface area contributed by atoms with E-state index in [1.54, 1.807) is 49.6 Å². The van der Waals surface area contributed by atoms with Crippen molar-refractivity contribution in [3.8, 4) is 17.2 Å². The van der Waals surface area contributed by atoms with Gasteiger partial charge in [0.2, 0.25) is 11.8 Å². The van der Waals surface area contributed by atoms with Gasteiger partial charge in [0.15, 0.2) is 11.5 Å². The number of nitrogens with zero attached hydrogens (tertiary/aromatic N) is 1. The van der Waals surface area contributed by atoms with Crippen LogP contribution >= 0.6 is 0 Å². The highest BCUT2D eigenvalue weighted by Crippen LogP contribution is 2.32. The Hall–Kier alpha value is -3.26. The molecule has 31 heavy (non-hydrogen) atoms. The second-order valence-corrected chi connectivity index (χ2v) is 7.61. The third-order valence-corrected chi connectivity index (χ3v) is 5.40. The van der Waals surface area contributed by atoms with Gasteiger partial charge in [-0.05, 0) is 55.8 Å². The summed E-state index contributed by atoms with van der Waals surface area (Å²) in [7, 11) is 1.60. The zero-order valence-electron chi connectivity index (χ0n) is 17.6. The van der Waals surface area contributed by atoms with Gasteiger partial charge in [0.25, 0.3) is 0 Å². The Morgan fingerprint density at radius 2 is 1.74 bits per heavy atom. The van der Waals surface area contributed by atoms with E-state index in [1.807, 2.05) is 4.90 Å². The molecule has 1 saturated heterocycles. The maximum Gasteiger partial charge on any atom is 0.241 e. The number of benzene rings is 2. The molecule has 0 radical (unpaired) electrons. The molecule has 0 aliphatic carbocycles. The Morgan fingerprint density at radius 3 is 2.52 bits per heavy atom. The Balaban J connectivity index is 1.34. The van der Waals surface area contributed by atoms with Crippen LogP contribution in [-0.4, -0.2) is 56.2 Å². The number of fused-ring (bicyclic) bond motifs is 1. The fourth-order valence-electron chi connectivity index (χ4n) is 3.84. The number of methoxy groups -OCH3 is 1. The quantitative estimate of drug-likeness (QED) is 0.740. The highest BCUT2D eigenvalue weighted by molar-refractivity contribution is 5.96. The highest BCUT2D eigenvalue weighted by atomic mass is 16.5. The molecule has 0 saturated carbocycles. The predicted molar refractivity (Wildman–Crippen MR) is 117 cm³/mol. The van der Waals surface area contributed by atoms with Crippen LogP contribution in [-0.2, 0) is 9.59 Å². The number of carbonyl (C=O) groups excluding carboxylic acids is 2. The first kappa shape index (κ1) is 21.0. The van der Waals surface area contributed by atoms with Crippen molar-refractivity contribution in [2.24, 2.45) is 0 Å². The van der Waals surface area contributed by atoms with E-state index in [4.69, 9.17) is 14.2 Å². The van der Waals surface area contributed by atoms with Crippen molar-refractivity contribution in [2.45, 2.75) is 25.3 Å². The van der Waals surface area contributed by atoms with Gasteiger partial charge in [0.1, 0.15) is 5.75 Å². The fourth-order valence-corrected chi connectivity index (χ4v) is 3.84. The molecule has 2 aliphatic heterocycles. The number of ether oxygens (including phenoxy) is 3. The minimum Gasteiger partial charge on any atom is -0.497 e. The van der Waals surface area contributed by atoms with Crippen LogP contribution in [0.3, 0.4) is 0 Å². The van der Waals surface area contributed by atoms with E-state index >= 15 is 0 Å². The minimum absolute atomic E-state index is 0.106. The number of carbonyl (C=O) groups is 2. The number of hydrogen-bond acceptors (Lipinski definition) is 6. The van der Waals surface area contributed by atoms with Gasteiger partial charge in [-0.1, -0.05) is 0 Å². The summed E-state index contributed by atoms with van der Waals surface area (Å²) >= 11 is 0. The lowest BCUT2D eigenvalue weighted by molar-refractivity contribution is -0.122. The van der Waals surface area contributed by atoms with Gasteiger partial charge in [0, 0.05) is 23.9 Å². The normalized spacial score (nSPS) is 18.2. The number of likely N-dealkylation sites (tertiary alicyclic amines) is 1. The molecule has 0 bridgehead atoms. The van der Waals surface area contributed by atoms with Gasteiger partial charge >= 0.3 is 0 Å². The molecule has 2 aromatic rings. The fraction of sp³-hybridized carbons (Fsp3) is 0.391. The Morgan fingerprint density at radius 1 is 1.00 bits per heavy atom. The van der Waals surface area contributed by atoms with Gasteiger partial charge in [-0.2, -0.15) is 0 Å². The second kappa shape index (κ2) is 9.70. The highest BCUT2D eigenvalue weighted by Gasteiger charge is 2.32. The molecule has 2 amide bonds. The Kier molecular flexibility index (Phi) is 6.57. The summed E-state index contributed by atoms with van der Waals surface area (Å²) in [5.74, 6) is 1.77. The van der Waals surface area contributed by atoms with E-state index in [2.05, 4.69) is 10.6 Å². The van der Waals surface area contributed by atoms with E-state index in [9.17, 15) is 9.59 Å². The first-order chi connectivity index (χ1) is 15.1. The third kappa shape index (κ3) is 5.27. The largest absolute Gasteiger partial charge is 0.497 e. The zero-order chi connectivity index (χ0) is 21.6. The van der Waals surface area contributed by atoms with E-state index in [0.29, 0.717) is 42.6 Å². The lowest BCUT2D eigenvalue weighted by Gasteiger charge is -2.23. The lowest BCUT2D eigenvalue weighted by atomic mass is 10.2. The smallest absolute Gasteiger partial charge is 0.241 e. The van der Waals surface area contributed by atoms with Crippen LogP contribution in [0.25, 0.3) is 0 Å². The molecule has 2 aromatic carbocycles. The zero-order valence-corrected chi connectivity index (χ0v) is 17.6. The number of anilines is 2. The molecule has 164 valence electrons. The van der Waals surface area contributed by atoms with Crippen molar-refractivity contribution in [2.75, 3.05) is 44.0 Å². The third-order valence-electron chi connectivity index (χ3n) is 5.40. The lowest BCUT2D eigenvalue weighted by Crippen LogP contribution is -2.43. The van der Waals surface area contributed by atoms with Crippen LogP contribution in [0.2, 0.25) is 0 Å². The predicted octanol–water partition coefficient (Wildman–Crippen LogP) is 2.90. The van der Waals surface area contributed by atoms with Crippen molar-refractivity contribution >= 4 is 23.2 Å². The summed E-state index contributed by atoms with van der Waals surface area (Å²) in [5, 5.41) is 5.83. The number of nitrogens with one attached hydrogen (secondary N) is 2. The molecule has 1 atom stereocenters. The first-order valence-electron chi connectivity index (χ1n) is 10.5. The molecule has 1 fully saturated rings. The number of hydrogen-bond donors (Lipinski definition) is 2. The number of rotatable bonds is 6. The topological polar surface area (TPSA) is 89.1 Å². The summed E-state index contributed by atoms with van der Waals surface area (Å²) < 4.78 is 16.4. The van der Waals surface area contributed by atoms with Crippen LogP contribution in [0.15, 0.2) is 42.5 Å². The summed E-state index contributed by atoms with van der Waals surface area (Å²) in [6, 6.07) is 12.2. The maximum atomic E-state index is 12.8. The van der Waals surface area contributed by atoms with Crippen molar-refractivity contribution in [3.05, 3.63) is 42.5 Å². The molecule has 0 spiro atoms. The van der Waals surface area contributed by atoms with Crippen LogP contribution in [0.5, 0.6) is 17.2 Å². The van der Waals surface area contributed by atoms with Crippen LogP contribution in [0.1, 0.15) is 19.3 Å². The van der Waals surface area contributed by atoms with Crippen molar-refractivity contribution in [1.82, 2.24) is 4.90 Å². The van der Waals surface area contributed by atoms with Gasteiger partial charge in [0.05, 0.1) is 32.9 Å². The molecular formula is C23H27N3O5. The minimum atomic E-state index is -0.336. The van der Waals surface area contributed by atoms with E-state index in [0.717, 1.165) is 25.0 Å². The molecule has 2 N–H and O–H groups in total. The molecule has 8 nitrogen and oxygen atoms in total. The second-order valence-electron chi connectivity index (χ2n) is 7.61. The van der Waals surface area contributed by atoms with Gasteiger partial charge in [-0.25, -0.2) is 0 Å². The van der Waals surface area contributed by atoms with Crippen molar-refractivity contribution in [1.29, 1.82) is 0 Å². The molecule has 2 aliphatic rings. The SMILES string of the molecule is COc1ccc(NC(=O)C2CCCN2CC(=O)Nc2ccc3c(c2)OCCCO3)cc1. The van der Waals surface area contributed by atoms with Crippen LogP contribution in [0.4, 0.5) is 11.4 Å². The van der Waals surface area contributed by atoms with Crippen molar-refractivity contribution in [3.63, 3.8) is 0 Å². The number of amides is 2. The summed E-state index contributed by atoms with van der Waals surface area (Å²) in [6.07, 6.45) is 2.42. The Bertz CT molecular complexity index is 931. The molecule has 2 heterocycles. The van der Waals surface area contributed by atoms with E-state index in [-0.39, 0.29) is 24.4 Å². The van der Waals surface area contributed by atoms with Gasteiger partial charge < -0.3 is 24.8 Å². The monoisotopic (exact) mass is 425 g/mol. The van der Waals surface area contributed by atoms with Crippen LogP contribution < -0.4 is 24.8 Å². The van der Waals surface area contributed by atoms with E-state index < -0.39 is 0 Å². The van der Waals surface area contributed by atoms with Gasteiger partial charge in [-0.15, -0.1) is 0 Å².